The Hall–Kier alpha value is -2.05. The Labute approximate surface area is 137 Å². The molecule has 1 aromatic carbocycles. The van der Waals surface area contributed by atoms with Gasteiger partial charge in [-0.2, -0.15) is 0 Å². The number of amides is 1. The van der Waals surface area contributed by atoms with Crippen LogP contribution >= 0.6 is 11.6 Å². The number of hydrogen-bond acceptors (Lipinski definition) is 3. The van der Waals surface area contributed by atoms with Crippen LogP contribution in [0.15, 0.2) is 36.7 Å². The fraction of sp³-hybridized carbons (Fsp3) is 0.250. The first-order valence-electron chi connectivity index (χ1n) is 6.95. The molecule has 4 nitrogen and oxygen atoms in total. The van der Waals surface area contributed by atoms with Gasteiger partial charge in [-0.05, 0) is 35.7 Å². The molecule has 1 amide bonds. The quantitative estimate of drug-likeness (QED) is 0.850. The van der Waals surface area contributed by atoms with E-state index in [1.54, 1.807) is 0 Å². The van der Waals surface area contributed by atoms with Gasteiger partial charge in [-0.1, -0.05) is 17.7 Å². The standard InChI is InChI=1S/C16H15ClF2N2O2/c17-13-3-2-11(6-14(13)19)15(22)9-21-16(23)4-1-10-5-12(18)8-20-7-10/h2-3,5-8,15,22H,1,4,9H2,(H,21,23). The number of nitrogens with one attached hydrogen (secondary N) is 1. The van der Waals surface area contributed by atoms with E-state index in [0.29, 0.717) is 17.5 Å². The van der Waals surface area contributed by atoms with E-state index in [4.69, 9.17) is 11.6 Å². The van der Waals surface area contributed by atoms with Crippen LogP contribution in [0.1, 0.15) is 23.7 Å². The Morgan fingerprint density at radius 1 is 1.30 bits per heavy atom. The van der Waals surface area contributed by atoms with Gasteiger partial charge in [-0.25, -0.2) is 8.78 Å². The molecule has 23 heavy (non-hydrogen) atoms. The van der Waals surface area contributed by atoms with Crippen molar-refractivity contribution < 1.29 is 18.7 Å². The normalized spacial score (nSPS) is 12.0. The van der Waals surface area contributed by atoms with E-state index in [1.807, 2.05) is 0 Å². The van der Waals surface area contributed by atoms with E-state index >= 15 is 0 Å². The highest BCUT2D eigenvalue weighted by Gasteiger charge is 2.12. The maximum Gasteiger partial charge on any atom is 0.220 e. The highest BCUT2D eigenvalue weighted by Crippen LogP contribution is 2.19. The number of halogens is 3. The Morgan fingerprint density at radius 3 is 2.78 bits per heavy atom. The number of pyridine rings is 1. The minimum Gasteiger partial charge on any atom is -0.387 e. The predicted octanol–water partition coefficient (Wildman–Crippen LogP) is 2.80. The van der Waals surface area contributed by atoms with Gasteiger partial charge >= 0.3 is 0 Å². The zero-order valence-electron chi connectivity index (χ0n) is 12.1. The molecular formula is C16H15ClF2N2O2. The van der Waals surface area contributed by atoms with Gasteiger partial charge in [0, 0.05) is 19.2 Å². The first-order valence-corrected chi connectivity index (χ1v) is 7.32. The second-order valence-electron chi connectivity index (χ2n) is 5.00. The molecule has 0 bridgehead atoms. The summed E-state index contributed by atoms with van der Waals surface area (Å²) >= 11 is 5.57. The van der Waals surface area contributed by atoms with Crippen LogP contribution in [0.2, 0.25) is 5.02 Å². The number of aliphatic hydroxyl groups excluding tert-OH is 1. The van der Waals surface area contributed by atoms with Gasteiger partial charge < -0.3 is 10.4 Å². The molecule has 1 heterocycles. The molecule has 7 heteroatoms. The molecule has 0 aliphatic heterocycles. The van der Waals surface area contributed by atoms with Crippen LogP contribution in [-0.2, 0) is 11.2 Å². The van der Waals surface area contributed by atoms with Crippen molar-refractivity contribution in [3.63, 3.8) is 0 Å². The SMILES string of the molecule is O=C(CCc1cncc(F)c1)NCC(O)c1ccc(Cl)c(F)c1. The van der Waals surface area contributed by atoms with Crippen LogP contribution in [-0.4, -0.2) is 22.5 Å². The fourth-order valence-electron chi connectivity index (χ4n) is 1.99. The smallest absolute Gasteiger partial charge is 0.220 e. The Morgan fingerprint density at radius 2 is 2.09 bits per heavy atom. The van der Waals surface area contributed by atoms with E-state index in [2.05, 4.69) is 10.3 Å². The molecule has 0 saturated heterocycles. The summed E-state index contributed by atoms with van der Waals surface area (Å²) in [6.07, 6.45) is 2.00. The molecular weight excluding hydrogens is 326 g/mol. The van der Waals surface area contributed by atoms with Gasteiger partial charge in [0.15, 0.2) is 0 Å². The maximum absolute atomic E-state index is 13.3. The molecule has 2 N–H and O–H groups in total. The number of nitrogens with zero attached hydrogens (tertiary/aromatic N) is 1. The lowest BCUT2D eigenvalue weighted by Crippen LogP contribution is -2.28. The van der Waals surface area contributed by atoms with Crippen molar-refractivity contribution in [3.05, 3.63) is 64.4 Å². The number of hydrogen-bond donors (Lipinski definition) is 2. The minimum atomic E-state index is -1.04. The Balaban J connectivity index is 1.80. The van der Waals surface area contributed by atoms with Crippen molar-refractivity contribution in [2.24, 2.45) is 0 Å². The van der Waals surface area contributed by atoms with Gasteiger partial charge in [0.05, 0.1) is 17.3 Å². The topological polar surface area (TPSA) is 62.2 Å². The van der Waals surface area contributed by atoms with Crippen LogP contribution in [0.3, 0.4) is 0 Å². The lowest BCUT2D eigenvalue weighted by atomic mass is 10.1. The number of aromatic nitrogens is 1. The minimum absolute atomic E-state index is 0.0336. The molecule has 0 spiro atoms. The lowest BCUT2D eigenvalue weighted by Gasteiger charge is -2.12. The molecule has 1 unspecified atom stereocenters. The molecule has 122 valence electrons. The van der Waals surface area contributed by atoms with Crippen molar-refractivity contribution in [3.8, 4) is 0 Å². The average Bonchev–Trinajstić information content (AvgIpc) is 2.53. The second kappa shape index (κ2) is 7.99. The third-order valence-electron chi connectivity index (χ3n) is 3.22. The summed E-state index contributed by atoms with van der Waals surface area (Å²) in [5.41, 5.74) is 0.932. The zero-order valence-corrected chi connectivity index (χ0v) is 12.9. The predicted molar refractivity (Wildman–Crippen MR) is 81.9 cm³/mol. The van der Waals surface area contributed by atoms with E-state index in [-0.39, 0.29) is 23.9 Å². The summed E-state index contributed by atoms with van der Waals surface area (Å²) in [5.74, 6) is -1.39. The first kappa shape index (κ1) is 17.3. The summed E-state index contributed by atoms with van der Waals surface area (Å²) in [7, 11) is 0. The molecule has 2 aromatic rings. The maximum atomic E-state index is 13.3. The van der Waals surface area contributed by atoms with Gasteiger partial charge in [0.25, 0.3) is 0 Å². The van der Waals surface area contributed by atoms with Crippen molar-refractivity contribution in [1.29, 1.82) is 0 Å². The summed E-state index contributed by atoms with van der Waals surface area (Å²) in [5, 5.41) is 12.4. The van der Waals surface area contributed by atoms with Crippen molar-refractivity contribution in [2.75, 3.05) is 6.54 Å². The first-order chi connectivity index (χ1) is 11.0. The average molecular weight is 341 g/mol. The number of aryl methyl sites for hydroxylation is 1. The van der Waals surface area contributed by atoms with E-state index in [0.717, 1.165) is 12.3 Å². The van der Waals surface area contributed by atoms with Gasteiger partial charge in [-0.15, -0.1) is 0 Å². The largest absolute Gasteiger partial charge is 0.387 e. The van der Waals surface area contributed by atoms with Gasteiger partial charge in [0.2, 0.25) is 5.91 Å². The molecule has 0 aliphatic rings. The Kier molecular flexibility index (Phi) is 6.01. The molecule has 0 radical (unpaired) electrons. The van der Waals surface area contributed by atoms with Crippen LogP contribution in [0.5, 0.6) is 0 Å². The van der Waals surface area contributed by atoms with Crippen LogP contribution in [0.4, 0.5) is 8.78 Å². The molecule has 1 atom stereocenters. The number of rotatable bonds is 6. The Bertz CT molecular complexity index is 698. The molecule has 1 aromatic heterocycles. The van der Waals surface area contributed by atoms with Crippen LogP contribution in [0.25, 0.3) is 0 Å². The van der Waals surface area contributed by atoms with Crippen LogP contribution in [0, 0.1) is 11.6 Å². The van der Waals surface area contributed by atoms with Crippen molar-refractivity contribution in [1.82, 2.24) is 10.3 Å². The molecule has 0 aliphatic carbocycles. The van der Waals surface area contributed by atoms with Crippen molar-refractivity contribution >= 4 is 17.5 Å². The fourth-order valence-corrected chi connectivity index (χ4v) is 2.10. The zero-order chi connectivity index (χ0) is 16.8. The molecule has 0 saturated carbocycles. The lowest BCUT2D eigenvalue weighted by molar-refractivity contribution is -0.121. The van der Waals surface area contributed by atoms with E-state index in [1.165, 1.54) is 24.4 Å². The number of carbonyl (C=O) groups is 1. The molecule has 0 fully saturated rings. The van der Waals surface area contributed by atoms with E-state index in [9.17, 15) is 18.7 Å². The van der Waals surface area contributed by atoms with Gasteiger partial charge in [-0.3, -0.25) is 9.78 Å². The highest BCUT2D eigenvalue weighted by molar-refractivity contribution is 6.30. The number of carbonyl (C=O) groups excluding carboxylic acids is 1. The summed E-state index contributed by atoms with van der Waals surface area (Å²) in [4.78, 5) is 15.4. The third kappa shape index (κ3) is 5.26. The summed E-state index contributed by atoms with van der Waals surface area (Å²) < 4.78 is 26.3. The molecule has 2 rings (SSSR count). The summed E-state index contributed by atoms with van der Waals surface area (Å²) in [6, 6.07) is 5.26. The van der Waals surface area contributed by atoms with Crippen LogP contribution < -0.4 is 5.32 Å². The highest BCUT2D eigenvalue weighted by atomic mass is 35.5. The third-order valence-corrected chi connectivity index (χ3v) is 3.53. The van der Waals surface area contributed by atoms with Crippen molar-refractivity contribution in [2.45, 2.75) is 18.9 Å². The second-order valence-corrected chi connectivity index (χ2v) is 5.41. The monoisotopic (exact) mass is 340 g/mol. The summed E-state index contributed by atoms with van der Waals surface area (Å²) in [6.45, 7) is -0.0543. The number of aliphatic hydroxyl groups is 1. The number of benzene rings is 1. The van der Waals surface area contributed by atoms with Gasteiger partial charge in [0.1, 0.15) is 11.6 Å². The van der Waals surface area contributed by atoms with E-state index < -0.39 is 17.7 Å².